The van der Waals surface area contributed by atoms with Gasteiger partial charge in [0, 0.05) is 19.6 Å². The van der Waals surface area contributed by atoms with E-state index in [1.54, 1.807) is 13.8 Å². The number of halogens is 2. The monoisotopic (exact) mass is 543 g/mol. The number of hydrogen-bond donors (Lipinski definition) is 1. The van der Waals surface area contributed by atoms with E-state index < -0.39 is 14.6 Å². The zero-order valence-electron chi connectivity index (χ0n) is 16.3. The molecule has 28 heavy (non-hydrogen) atoms. The molecule has 0 saturated carbocycles. The van der Waals surface area contributed by atoms with Crippen molar-refractivity contribution >= 4 is 51.4 Å². The molecule has 2 aliphatic heterocycles. The molecule has 0 aromatic heterocycles. The van der Waals surface area contributed by atoms with E-state index in [1.807, 2.05) is 24.0 Å². The van der Waals surface area contributed by atoms with Gasteiger partial charge in [-0.3, -0.25) is 0 Å². The van der Waals surface area contributed by atoms with Gasteiger partial charge in [-0.1, -0.05) is 11.6 Å². The Labute approximate surface area is 188 Å². The highest BCUT2D eigenvalue weighted by Gasteiger charge is 2.40. The number of ether oxygens (including phenoxy) is 2. The summed E-state index contributed by atoms with van der Waals surface area (Å²) in [4.78, 5) is 6.70. The third-order valence-corrected chi connectivity index (χ3v) is 7.56. The van der Waals surface area contributed by atoms with E-state index in [2.05, 4.69) is 5.32 Å². The largest absolute Gasteiger partial charge is 0.486 e. The van der Waals surface area contributed by atoms with Crippen LogP contribution in [0.4, 0.5) is 0 Å². The third-order valence-electron chi connectivity index (χ3n) is 4.75. The summed E-state index contributed by atoms with van der Waals surface area (Å²) < 4.78 is 34.9. The number of nitrogens with zero attached hydrogens (tertiary/aromatic N) is 2. The molecule has 1 aromatic rings. The smallest absolute Gasteiger partial charge is 0.194 e. The Kier molecular flexibility index (Phi) is 7.71. The molecule has 158 valence electrons. The number of fused-ring (bicyclic) bond motifs is 1. The Balaban J connectivity index is 0.00000280. The minimum atomic E-state index is -3.10. The van der Waals surface area contributed by atoms with Crippen LogP contribution in [0.3, 0.4) is 0 Å². The van der Waals surface area contributed by atoms with Crippen LogP contribution in [0, 0.1) is 0 Å². The normalized spacial score (nSPS) is 20.3. The number of nitrogens with one attached hydrogen (secondary N) is 1. The van der Waals surface area contributed by atoms with Gasteiger partial charge in [-0.2, -0.15) is 0 Å². The maximum Gasteiger partial charge on any atom is 0.194 e. The van der Waals surface area contributed by atoms with E-state index in [4.69, 9.17) is 26.1 Å². The molecule has 0 bridgehead atoms. The summed E-state index contributed by atoms with van der Waals surface area (Å²) in [5, 5.41) is 3.76. The molecule has 1 fully saturated rings. The summed E-state index contributed by atoms with van der Waals surface area (Å²) in [6.07, 6.45) is 0. The van der Waals surface area contributed by atoms with Gasteiger partial charge in [-0.25, -0.2) is 13.4 Å². The molecule has 1 saturated heterocycles. The fourth-order valence-corrected chi connectivity index (χ4v) is 4.83. The van der Waals surface area contributed by atoms with Crippen molar-refractivity contribution in [3.8, 4) is 11.5 Å². The van der Waals surface area contributed by atoms with E-state index in [0.29, 0.717) is 61.9 Å². The van der Waals surface area contributed by atoms with Gasteiger partial charge >= 0.3 is 0 Å². The summed E-state index contributed by atoms with van der Waals surface area (Å²) >= 11 is 6.30. The lowest BCUT2D eigenvalue weighted by Gasteiger charge is -2.39. The van der Waals surface area contributed by atoms with E-state index in [-0.39, 0.29) is 29.7 Å². The number of aliphatic imine (C=N–C) groups is 1. The second-order valence-electron chi connectivity index (χ2n) is 7.27. The molecule has 7 nitrogen and oxygen atoms in total. The molecule has 0 atom stereocenters. The van der Waals surface area contributed by atoms with Crippen LogP contribution in [-0.4, -0.2) is 62.6 Å². The van der Waals surface area contributed by atoms with E-state index in [0.717, 1.165) is 5.56 Å². The Morgan fingerprint density at radius 1 is 1.32 bits per heavy atom. The number of hydrogen-bond acceptors (Lipinski definition) is 5. The Hall–Kier alpha value is -0.940. The van der Waals surface area contributed by atoms with Gasteiger partial charge in [0.2, 0.25) is 0 Å². The molecular weight excluding hydrogens is 517 g/mol. The van der Waals surface area contributed by atoms with Crippen LogP contribution in [-0.2, 0) is 16.4 Å². The highest BCUT2D eigenvalue weighted by atomic mass is 127. The van der Waals surface area contributed by atoms with Crippen molar-refractivity contribution in [2.24, 2.45) is 4.99 Å². The fraction of sp³-hybridized carbons (Fsp3) is 0.611. The fourth-order valence-electron chi connectivity index (χ4n) is 3.17. The predicted octanol–water partition coefficient (Wildman–Crippen LogP) is 2.70. The summed E-state index contributed by atoms with van der Waals surface area (Å²) in [7, 11) is -3.10. The van der Waals surface area contributed by atoms with Crippen molar-refractivity contribution in [1.82, 2.24) is 10.2 Å². The topological polar surface area (TPSA) is 80.2 Å². The zero-order chi connectivity index (χ0) is 19.7. The Bertz CT molecular complexity index is 845. The molecular formula is C18H27ClIN3O4S. The first kappa shape index (κ1) is 23.3. The van der Waals surface area contributed by atoms with Gasteiger partial charge in [0.25, 0.3) is 0 Å². The van der Waals surface area contributed by atoms with Gasteiger partial charge in [0.1, 0.15) is 13.2 Å². The number of benzene rings is 1. The minimum Gasteiger partial charge on any atom is -0.486 e. The lowest BCUT2D eigenvalue weighted by molar-refractivity contribution is 0.171. The highest BCUT2D eigenvalue weighted by Crippen LogP contribution is 2.38. The number of guanidine groups is 1. The van der Waals surface area contributed by atoms with Gasteiger partial charge in [-0.15, -0.1) is 24.0 Å². The SMILES string of the molecule is CCNC(=NCc1cc(Cl)c2c(c1)OCCO2)N1CCS(=O)(=O)C(C)(C)C1.I. The van der Waals surface area contributed by atoms with Gasteiger partial charge in [-0.05, 0) is 38.5 Å². The first-order valence-corrected chi connectivity index (χ1v) is 11.1. The van der Waals surface area contributed by atoms with Crippen molar-refractivity contribution in [3.05, 3.63) is 22.7 Å². The average Bonchev–Trinajstić information content (AvgIpc) is 2.61. The average molecular weight is 544 g/mol. The van der Waals surface area contributed by atoms with Crippen molar-refractivity contribution in [2.75, 3.05) is 38.6 Å². The minimum absolute atomic E-state index is 0. The molecule has 0 amide bonds. The molecule has 10 heteroatoms. The van der Waals surface area contributed by atoms with Gasteiger partial charge in [0.05, 0.1) is 22.1 Å². The molecule has 1 aromatic carbocycles. The summed E-state index contributed by atoms with van der Waals surface area (Å²) in [6, 6.07) is 3.71. The molecule has 0 aliphatic carbocycles. The van der Waals surface area contributed by atoms with Crippen molar-refractivity contribution in [3.63, 3.8) is 0 Å². The van der Waals surface area contributed by atoms with Crippen molar-refractivity contribution < 1.29 is 17.9 Å². The second kappa shape index (κ2) is 9.25. The lowest BCUT2D eigenvalue weighted by Crippen LogP contribution is -2.57. The third kappa shape index (κ3) is 4.96. The summed E-state index contributed by atoms with van der Waals surface area (Å²) in [5.74, 6) is 2.03. The molecule has 0 unspecified atom stereocenters. The molecule has 2 heterocycles. The highest BCUT2D eigenvalue weighted by molar-refractivity contribution is 14.0. The molecule has 1 N–H and O–H groups in total. The first-order valence-electron chi connectivity index (χ1n) is 9.07. The molecule has 3 rings (SSSR count). The maximum atomic E-state index is 12.3. The van der Waals surface area contributed by atoms with Crippen LogP contribution in [0.2, 0.25) is 5.02 Å². The predicted molar refractivity (Wildman–Crippen MR) is 122 cm³/mol. The summed E-state index contributed by atoms with van der Waals surface area (Å²) in [6.45, 7) is 8.44. The van der Waals surface area contributed by atoms with E-state index in [9.17, 15) is 8.42 Å². The van der Waals surface area contributed by atoms with E-state index in [1.165, 1.54) is 0 Å². The van der Waals surface area contributed by atoms with Crippen molar-refractivity contribution in [2.45, 2.75) is 32.1 Å². The molecule has 0 spiro atoms. The van der Waals surface area contributed by atoms with Crippen LogP contribution in [0.1, 0.15) is 26.3 Å². The Morgan fingerprint density at radius 2 is 2.04 bits per heavy atom. The lowest BCUT2D eigenvalue weighted by atomic mass is 10.2. The number of rotatable bonds is 3. The first-order chi connectivity index (χ1) is 12.7. The zero-order valence-corrected chi connectivity index (χ0v) is 20.2. The van der Waals surface area contributed by atoms with Crippen LogP contribution in [0.15, 0.2) is 17.1 Å². The van der Waals surface area contributed by atoms with Gasteiger partial charge in [0.15, 0.2) is 27.3 Å². The molecule has 2 aliphatic rings. The standard InChI is InChI=1S/C18H26ClN3O4S.HI/c1-4-20-17(22-5-8-27(23,24)18(2,3)12-22)21-11-13-9-14(19)16-15(10-13)25-6-7-26-16;/h9-10H,4-8,11-12H2,1-3H3,(H,20,21);1H. The number of sulfone groups is 1. The van der Waals surface area contributed by atoms with Crippen molar-refractivity contribution in [1.29, 1.82) is 0 Å². The van der Waals surface area contributed by atoms with Crippen LogP contribution in [0.5, 0.6) is 11.5 Å². The summed E-state index contributed by atoms with van der Waals surface area (Å²) in [5.41, 5.74) is 0.906. The Morgan fingerprint density at radius 3 is 2.71 bits per heavy atom. The quantitative estimate of drug-likeness (QED) is 0.359. The second-order valence-corrected chi connectivity index (χ2v) is 10.4. The van der Waals surface area contributed by atoms with Gasteiger partial charge < -0.3 is 19.7 Å². The van der Waals surface area contributed by atoms with Crippen LogP contribution in [0.25, 0.3) is 0 Å². The van der Waals surface area contributed by atoms with Crippen LogP contribution < -0.4 is 14.8 Å². The van der Waals surface area contributed by atoms with Crippen LogP contribution >= 0.6 is 35.6 Å². The molecule has 0 radical (unpaired) electrons. The van der Waals surface area contributed by atoms with E-state index >= 15 is 0 Å². The maximum absolute atomic E-state index is 12.3.